The third kappa shape index (κ3) is 4.65. The molecular weight excluding hydrogens is 294 g/mol. The smallest absolute Gasteiger partial charge is 0.211 e. The number of unbranched alkanes of at least 4 members (excludes halogenated alkanes) is 1. The summed E-state index contributed by atoms with van der Waals surface area (Å²) in [4.78, 5) is 10.4. The van der Waals surface area contributed by atoms with Crippen LogP contribution in [0, 0.1) is 11.8 Å². The predicted octanol–water partition coefficient (Wildman–Crippen LogP) is 4.65. The summed E-state index contributed by atoms with van der Waals surface area (Å²) in [7, 11) is 0. The molecule has 0 spiro atoms. The van der Waals surface area contributed by atoms with Crippen LogP contribution >= 0.6 is 11.6 Å². The van der Waals surface area contributed by atoms with Crippen LogP contribution in [0.2, 0.25) is 5.02 Å². The molecule has 22 heavy (non-hydrogen) atoms. The second-order valence-corrected chi connectivity index (χ2v) is 5.41. The Balaban J connectivity index is 2.09. The van der Waals surface area contributed by atoms with E-state index < -0.39 is 0 Å². The van der Waals surface area contributed by atoms with Gasteiger partial charge in [0.25, 0.3) is 0 Å². The number of hydrogen-bond acceptors (Lipinski definition) is 1. The highest BCUT2D eigenvalue weighted by molar-refractivity contribution is 6.33. The van der Waals surface area contributed by atoms with E-state index in [1.54, 1.807) is 12.1 Å². The average Bonchev–Trinajstić information content (AvgIpc) is 2.54. The Morgan fingerprint density at radius 2 is 1.77 bits per heavy atom. The zero-order valence-electron chi connectivity index (χ0n) is 12.5. The molecule has 2 rings (SSSR count). The Kier molecular flexibility index (Phi) is 6.06. The van der Waals surface area contributed by atoms with E-state index in [9.17, 15) is 4.79 Å². The Labute approximate surface area is 136 Å². The van der Waals surface area contributed by atoms with Gasteiger partial charge in [0.05, 0.1) is 10.7 Å². The maximum atomic E-state index is 10.4. The highest BCUT2D eigenvalue weighted by atomic mass is 35.5. The van der Waals surface area contributed by atoms with E-state index in [0.29, 0.717) is 17.1 Å². The second kappa shape index (κ2) is 8.26. The van der Waals surface area contributed by atoms with Gasteiger partial charge in [0, 0.05) is 11.1 Å². The van der Waals surface area contributed by atoms with Crippen molar-refractivity contribution in [2.24, 2.45) is 0 Å². The van der Waals surface area contributed by atoms with Gasteiger partial charge >= 0.3 is 0 Å². The minimum atomic E-state index is 0.480. The van der Waals surface area contributed by atoms with Crippen molar-refractivity contribution >= 4 is 23.7 Å². The first-order valence-corrected chi connectivity index (χ1v) is 7.71. The van der Waals surface area contributed by atoms with E-state index in [1.807, 2.05) is 18.2 Å². The fourth-order valence-electron chi connectivity index (χ4n) is 2.05. The normalized spacial score (nSPS) is 9.73. The topological polar surface area (TPSA) is 29.1 Å². The molecule has 0 bridgehead atoms. The number of halogens is 1. The summed E-state index contributed by atoms with van der Waals surface area (Å²) < 4.78 is 0. The lowest BCUT2D eigenvalue weighted by Gasteiger charge is -2.01. The van der Waals surface area contributed by atoms with Gasteiger partial charge in [-0.2, -0.15) is 0 Å². The largest absolute Gasteiger partial charge is 0.327 e. The summed E-state index contributed by atoms with van der Waals surface area (Å²) in [5.74, 6) is 6.21. The van der Waals surface area contributed by atoms with Gasteiger partial charge in [0.1, 0.15) is 0 Å². The van der Waals surface area contributed by atoms with Gasteiger partial charge in [-0.05, 0) is 48.7 Å². The van der Waals surface area contributed by atoms with Crippen LogP contribution in [0.3, 0.4) is 0 Å². The summed E-state index contributed by atoms with van der Waals surface area (Å²) in [6.45, 7) is 2.20. The summed E-state index contributed by atoms with van der Waals surface area (Å²) >= 11 is 6.07. The van der Waals surface area contributed by atoms with Gasteiger partial charge in [-0.25, -0.2) is 0 Å². The lowest BCUT2D eigenvalue weighted by atomic mass is 10.1. The maximum Gasteiger partial charge on any atom is 0.211 e. The van der Waals surface area contributed by atoms with Crippen LogP contribution in [0.15, 0.2) is 42.5 Å². The van der Waals surface area contributed by atoms with Crippen LogP contribution in [0.5, 0.6) is 0 Å². The molecule has 0 aromatic heterocycles. The van der Waals surface area contributed by atoms with Crippen molar-refractivity contribution in [2.45, 2.75) is 26.2 Å². The predicted molar refractivity (Wildman–Crippen MR) is 92.2 cm³/mol. The van der Waals surface area contributed by atoms with Gasteiger partial charge < -0.3 is 5.32 Å². The number of anilines is 1. The van der Waals surface area contributed by atoms with Crippen LogP contribution in [0.4, 0.5) is 5.69 Å². The minimum Gasteiger partial charge on any atom is -0.327 e. The third-order valence-electron chi connectivity index (χ3n) is 3.31. The molecule has 2 nitrogen and oxygen atoms in total. The summed E-state index contributed by atoms with van der Waals surface area (Å²) in [5, 5.41) is 3.02. The molecule has 0 unspecified atom stereocenters. The Morgan fingerprint density at radius 3 is 2.41 bits per heavy atom. The summed E-state index contributed by atoms with van der Waals surface area (Å²) in [5.41, 5.74) is 3.73. The fraction of sp³-hybridized carbons (Fsp3) is 0.211. The molecule has 0 atom stereocenters. The first kappa shape index (κ1) is 16.1. The zero-order chi connectivity index (χ0) is 15.8. The van der Waals surface area contributed by atoms with Crippen LogP contribution in [-0.4, -0.2) is 6.41 Å². The summed E-state index contributed by atoms with van der Waals surface area (Å²) in [6.07, 6.45) is 4.14. The Morgan fingerprint density at radius 1 is 1.09 bits per heavy atom. The number of nitrogens with one attached hydrogen (secondary N) is 1. The van der Waals surface area contributed by atoms with Crippen LogP contribution < -0.4 is 5.32 Å². The number of aryl methyl sites for hydroxylation is 1. The molecule has 0 saturated carbocycles. The molecule has 3 heteroatoms. The van der Waals surface area contributed by atoms with Crippen molar-refractivity contribution in [1.29, 1.82) is 0 Å². The summed E-state index contributed by atoms with van der Waals surface area (Å²) in [6, 6.07) is 13.7. The molecule has 0 radical (unpaired) electrons. The molecule has 0 aliphatic heterocycles. The number of hydrogen-bond donors (Lipinski definition) is 1. The van der Waals surface area contributed by atoms with Gasteiger partial charge in [-0.15, -0.1) is 0 Å². The van der Waals surface area contributed by atoms with Crippen molar-refractivity contribution in [2.75, 3.05) is 5.32 Å². The minimum absolute atomic E-state index is 0.480. The molecule has 1 amide bonds. The number of carbonyl (C=O) groups excluding carboxylic acids is 1. The molecule has 0 saturated heterocycles. The van der Waals surface area contributed by atoms with Crippen molar-refractivity contribution in [1.82, 2.24) is 0 Å². The lowest BCUT2D eigenvalue weighted by molar-refractivity contribution is -0.105. The monoisotopic (exact) mass is 311 g/mol. The van der Waals surface area contributed by atoms with Crippen molar-refractivity contribution in [3.8, 4) is 11.8 Å². The van der Waals surface area contributed by atoms with Crippen molar-refractivity contribution in [3.63, 3.8) is 0 Å². The van der Waals surface area contributed by atoms with E-state index in [0.717, 1.165) is 17.5 Å². The standard InChI is InChI=1S/C19H18ClNO/c1-2-3-4-15-5-7-16(8-6-15)9-10-17-11-12-19(21-14-22)18(20)13-17/h5-8,11-14H,2-4H2,1H3,(H,21,22). The molecule has 0 heterocycles. The van der Waals surface area contributed by atoms with E-state index in [4.69, 9.17) is 11.6 Å². The maximum absolute atomic E-state index is 10.4. The average molecular weight is 312 g/mol. The van der Waals surface area contributed by atoms with Gasteiger partial charge in [0.15, 0.2) is 0 Å². The second-order valence-electron chi connectivity index (χ2n) is 5.01. The zero-order valence-corrected chi connectivity index (χ0v) is 13.3. The molecule has 0 aliphatic rings. The van der Waals surface area contributed by atoms with Crippen molar-refractivity contribution in [3.05, 3.63) is 64.2 Å². The van der Waals surface area contributed by atoms with E-state index in [-0.39, 0.29) is 0 Å². The number of rotatable bonds is 5. The number of amides is 1. The van der Waals surface area contributed by atoms with Crippen LogP contribution in [0.25, 0.3) is 0 Å². The third-order valence-corrected chi connectivity index (χ3v) is 3.62. The molecule has 2 aromatic carbocycles. The molecule has 112 valence electrons. The molecular formula is C19H18ClNO. The quantitative estimate of drug-likeness (QED) is 0.632. The van der Waals surface area contributed by atoms with Gasteiger partial charge in [-0.3, -0.25) is 4.79 Å². The van der Waals surface area contributed by atoms with Crippen LogP contribution in [0.1, 0.15) is 36.5 Å². The SMILES string of the molecule is CCCCc1ccc(C#Cc2ccc(NC=O)c(Cl)c2)cc1. The molecule has 0 fully saturated rings. The fourth-order valence-corrected chi connectivity index (χ4v) is 2.29. The van der Waals surface area contributed by atoms with Crippen LogP contribution in [-0.2, 0) is 11.2 Å². The molecule has 2 aromatic rings. The molecule has 0 aliphatic carbocycles. The number of carbonyl (C=O) groups is 1. The van der Waals surface area contributed by atoms with E-state index in [2.05, 4.69) is 36.2 Å². The highest BCUT2D eigenvalue weighted by Crippen LogP contribution is 2.22. The van der Waals surface area contributed by atoms with E-state index in [1.165, 1.54) is 18.4 Å². The highest BCUT2D eigenvalue weighted by Gasteiger charge is 1.99. The Hall–Kier alpha value is -2.24. The van der Waals surface area contributed by atoms with Gasteiger partial charge in [-0.1, -0.05) is 48.9 Å². The Bertz CT molecular complexity index is 696. The number of benzene rings is 2. The van der Waals surface area contributed by atoms with Crippen molar-refractivity contribution < 1.29 is 4.79 Å². The first-order chi connectivity index (χ1) is 10.7. The first-order valence-electron chi connectivity index (χ1n) is 7.33. The lowest BCUT2D eigenvalue weighted by Crippen LogP contribution is -1.94. The molecule has 1 N–H and O–H groups in total. The van der Waals surface area contributed by atoms with Gasteiger partial charge in [0.2, 0.25) is 6.41 Å². The van der Waals surface area contributed by atoms with E-state index >= 15 is 0 Å².